The van der Waals surface area contributed by atoms with Gasteiger partial charge in [0.15, 0.2) is 0 Å². The van der Waals surface area contributed by atoms with Crippen molar-refractivity contribution in [1.29, 1.82) is 0 Å². The minimum absolute atomic E-state index is 0.0776. The van der Waals surface area contributed by atoms with Crippen LogP contribution in [0.3, 0.4) is 0 Å². The number of amides is 1. The Labute approximate surface area is 85.3 Å². The average Bonchev–Trinajstić information content (AvgIpc) is 2.71. The maximum atomic E-state index is 13.1. The molecule has 0 aliphatic rings. The minimum Gasteiger partial charge on any atom is -0.268 e. The SMILES string of the molecule is O=C(Nn1cccc1)c1cccnc1F. The molecular weight excluding hydrogens is 197 g/mol. The molecule has 15 heavy (non-hydrogen) atoms. The van der Waals surface area contributed by atoms with E-state index in [0.717, 1.165) is 0 Å². The Morgan fingerprint density at radius 3 is 2.73 bits per heavy atom. The van der Waals surface area contributed by atoms with Gasteiger partial charge in [0.05, 0.1) is 5.56 Å². The lowest BCUT2D eigenvalue weighted by atomic mass is 10.3. The van der Waals surface area contributed by atoms with E-state index in [2.05, 4.69) is 10.4 Å². The number of hydrogen-bond acceptors (Lipinski definition) is 2. The second kappa shape index (κ2) is 3.91. The van der Waals surface area contributed by atoms with Gasteiger partial charge in [-0.2, -0.15) is 4.39 Å². The highest BCUT2D eigenvalue weighted by Gasteiger charge is 2.11. The van der Waals surface area contributed by atoms with Gasteiger partial charge in [0, 0.05) is 18.6 Å². The highest BCUT2D eigenvalue weighted by atomic mass is 19.1. The van der Waals surface area contributed by atoms with Gasteiger partial charge in [-0.15, -0.1) is 0 Å². The van der Waals surface area contributed by atoms with E-state index in [1.807, 2.05) is 0 Å². The molecule has 2 aromatic heterocycles. The van der Waals surface area contributed by atoms with Crippen LogP contribution in [0.25, 0.3) is 0 Å². The van der Waals surface area contributed by atoms with Crippen molar-refractivity contribution in [2.75, 3.05) is 5.43 Å². The molecule has 5 heteroatoms. The van der Waals surface area contributed by atoms with Gasteiger partial charge < -0.3 is 0 Å². The zero-order valence-electron chi connectivity index (χ0n) is 7.72. The van der Waals surface area contributed by atoms with Crippen LogP contribution in [0.5, 0.6) is 0 Å². The number of pyridine rings is 1. The number of halogens is 1. The molecule has 0 spiro atoms. The van der Waals surface area contributed by atoms with Crippen LogP contribution in [0.2, 0.25) is 0 Å². The fourth-order valence-corrected chi connectivity index (χ4v) is 1.14. The fourth-order valence-electron chi connectivity index (χ4n) is 1.14. The zero-order chi connectivity index (χ0) is 10.7. The molecule has 0 saturated carbocycles. The number of rotatable bonds is 2. The normalized spacial score (nSPS) is 9.93. The standard InChI is InChI=1S/C10H8FN3O/c11-9-8(4-3-5-12-9)10(15)13-14-6-1-2-7-14/h1-7H,(H,13,15). The first-order valence-electron chi connectivity index (χ1n) is 4.32. The number of carbonyl (C=O) groups excluding carboxylic acids is 1. The second-order valence-electron chi connectivity index (χ2n) is 2.87. The van der Waals surface area contributed by atoms with Crippen molar-refractivity contribution in [2.24, 2.45) is 0 Å². The van der Waals surface area contributed by atoms with Crippen molar-refractivity contribution < 1.29 is 9.18 Å². The first kappa shape index (κ1) is 9.39. The van der Waals surface area contributed by atoms with Crippen molar-refractivity contribution in [2.45, 2.75) is 0 Å². The molecule has 0 aliphatic heterocycles. The summed E-state index contributed by atoms with van der Waals surface area (Å²) < 4.78 is 14.5. The van der Waals surface area contributed by atoms with Gasteiger partial charge in [0.2, 0.25) is 5.95 Å². The van der Waals surface area contributed by atoms with Crippen LogP contribution in [0.1, 0.15) is 10.4 Å². The van der Waals surface area contributed by atoms with Crippen molar-refractivity contribution in [3.63, 3.8) is 0 Å². The van der Waals surface area contributed by atoms with Crippen LogP contribution in [-0.4, -0.2) is 15.6 Å². The minimum atomic E-state index is -0.776. The maximum absolute atomic E-state index is 13.1. The molecule has 2 aromatic rings. The Bertz CT molecular complexity index is 467. The zero-order valence-corrected chi connectivity index (χ0v) is 7.72. The van der Waals surface area contributed by atoms with Gasteiger partial charge in [-0.1, -0.05) is 0 Å². The first-order chi connectivity index (χ1) is 7.27. The average molecular weight is 205 g/mol. The van der Waals surface area contributed by atoms with E-state index in [0.29, 0.717) is 0 Å². The molecule has 2 rings (SSSR count). The van der Waals surface area contributed by atoms with Gasteiger partial charge in [-0.05, 0) is 24.3 Å². The summed E-state index contributed by atoms with van der Waals surface area (Å²) in [6.45, 7) is 0. The van der Waals surface area contributed by atoms with Crippen LogP contribution >= 0.6 is 0 Å². The van der Waals surface area contributed by atoms with Gasteiger partial charge in [0.25, 0.3) is 5.91 Å². The van der Waals surface area contributed by atoms with Crippen molar-refractivity contribution in [3.05, 3.63) is 54.4 Å². The Kier molecular flexibility index (Phi) is 2.45. The van der Waals surface area contributed by atoms with E-state index in [9.17, 15) is 9.18 Å². The van der Waals surface area contributed by atoms with Gasteiger partial charge in [0.1, 0.15) is 0 Å². The van der Waals surface area contributed by atoms with E-state index >= 15 is 0 Å². The molecule has 0 fully saturated rings. The lowest BCUT2D eigenvalue weighted by Gasteiger charge is -2.05. The van der Waals surface area contributed by atoms with Crippen LogP contribution in [0, 0.1) is 5.95 Å². The number of nitrogens with one attached hydrogen (secondary N) is 1. The van der Waals surface area contributed by atoms with E-state index < -0.39 is 11.9 Å². The summed E-state index contributed by atoms with van der Waals surface area (Å²) in [4.78, 5) is 14.9. The highest BCUT2D eigenvalue weighted by Crippen LogP contribution is 2.03. The molecule has 1 amide bonds. The molecule has 76 valence electrons. The van der Waals surface area contributed by atoms with E-state index in [-0.39, 0.29) is 5.56 Å². The molecule has 0 saturated heterocycles. The summed E-state index contributed by atoms with van der Waals surface area (Å²) in [5.74, 6) is -1.31. The topological polar surface area (TPSA) is 46.9 Å². The number of carbonyl (C=O) groups is 1. The molecule has 0 unspecified atom stereocenters. The van der Waals surface area contributed by atoms with Crippen LogP contribution in [0.4, 0.5) is 4.39 Å². The largest absolute Gasteiger partial charge is 0.274 e. The first-order valence-corrected chi connectivity index (χ1v) is 4.32. The molecule has 0 aliphatic carbocycles. The molecule has 0 radical (unpaired) electrons. The third kappa shape index (κ3) is 2.01. The van der Waals surface area contributed by atoms with Crippen molar-refractivity contribution >= 4 is 5.91 Å². The Morgan fingerprint density at radius 1 is 1.33 bits per heavy atom. The van der Waals surface area contributed by atoms with Crippen LogP contribution in [-0.2, 0) is 0 Å². The summed E-state index contributed by atoms with van der Waals surface area (Å²) >= 11 is 0. The maximum Gasteiger partial charge on any atom is 0.274 e. The van der Waals surface area contributed by atoms with Gasteiger partial charge in [-0.25, -0.2) is 4.98 Å². The molecule has 0 atom stereocenters. The van der Waals surface area contributed by atoms with Gasteiger partial charge in [-0.3, -0.25) is 14.9 Å². The highest BCUT2D eigenvalue weighted by molar-refractivity contribution is 5.99. The molecule has 0 bridgehead atoms. The lowest BCUT2D eigenvalue weighted by Crippen LogP contribution is -2.22. The summed E-state index contributed by atoms with van der Waals surface area (Å²) in [7, 11) is 0. The molecule has 4 nitrogen and oxygen atoms in total. The fraction of sp³-hybridized carbons (Fsp3) is 0. The van der Waals surface area contributed by atoms with Gasteiger partial charge >= 0.3 is 0 Å². The number of aromatic nitrogens is 2. The smallest absolute Gasteiger partial charge is 0.268 e. The Balaban J connectivity index is 2.19. The summed E-state index contributed by atoms with van der Waals surface area (Å²) in [6.07, 6.45) is 4.58. The van der Waals surface area contributed by atoms with E-state index in [4.69, 9.17) is 0 Å². The quantitative estimate of drug-likeness (QED) is 0.753. The predicted octanol–water partition coefficient (Wildman–Crippen LogP) is 1.41. The van der Waals surface area contributed by atoms with Crippen LogP contribution in [0.15, 0.2) is 42.9 Å². The Hall–Kier alpha value is -2.17. The third-order valence-electron chi connectivity index (χ3n) is 1.84. The summed E-state index contributed by atoms with van der Waals surface area (Å²) in [6, 6.07) is 6.38. The molecule has 1 N–H and O–H groups in total. The predicted molar refractivity (Wildman–Crippen MR) is 52.3 cm³/mol. The summed E-state index contributed by atoms with van der Waals surface area (Å²) in [5, 5.41) is 0. The van der Waals surface area contributed by atoms with E-state index in [1.54, 1.807) is 24.5 Å². The second-order valence-corrected chi connectivity index (χ2v) is 2.87. The van der Waals surface area contributed by atoms with Crippen molar-refractivity contribution in [3.8, 4) is 0 Å². The lowest BCUT2D eigenvalue weighted by molar-refractivity contribution is 0.100. The molecule has 0 aromatic carbocycles. The van der Waals surface area contributed by atoms with Crippen LogP contribution < -0.4 is 5.43 Å². The van der Waals surface area contributed by atoms with Crippen molar-refractivity contribution in [1.82, 2.24) is 9.66 Å². The number of nitrogens with zero attached hydrogens (tertiary/aromatic N) is 2. The Morgan fingerprint density at radius 2 is 2.07 bits per heavy atom. The monoisotopic (exact) mass is 205 g/mol. The molecule has 2 heterocycles. The summed E-state index contributed by atoms with van der Waals surface area (Å²) in [5.41, 5.74) is 2.40. The van der Waals surface area contributed by atoms with E-state index in [1.165, 1.54) is 23.0 Å². The molecular formula is C10H8FN3O. The number of hydrogen-bond donors (Lipinski definition) is 1. The third-order valence-corrected chi connectivity index (χ3v) is 1.84.